The minimum Gasteiger partial charge on any atom is -0.394 e. The summed E-state index contributed by atoms with van der Waals surface area (Å²) < 4.78 is 4.93. The van der Waals surface area contributed by atoms with Gasteiger partial charge in [0, 0.05) is 12.1 Å². The van der Waals surface area contributed by atoms with Crippen molar-refractivity contribution in [2.24, 2.45) is 0 Å². The molecule has 5 heteroatoms. The third-order valence-electron chi connectivity index (χ3n) is 2.05. The fraction of sp³-hybridized carbons (Fsp3) is 0.364. The zero-order valence-electron chi connectivity index (χ0n) is 8.90. The lowest BCUT2D eigenvalue weighted by Gasteiger charge is -2.17. The zero-order valence-corrected chi connectivity index (χ0v) is 9.66. The van der Waals surface area contributed by atoms with Crippen LogP contribution in [0.2, 0.25) is 5.02 Å². The summed E-state index contributed by atoms with van der Waals surface area (Å²) in [6.07, 6.45) is 0. The first-order valence-corrected chi connectivity index (χ1v) is 5.15. The molecule has 1 atom stereocenters. The second-order valence-electron chi connectivity index (χ2n) is 3.28. The summed E-state index contributed by atoms with van der Waals surface area (Å²) in [5, 5.41) is 21.5. The second kappa shape index (κ2) is 6.33. The Balaban J connectivity index is 2.83. The topological polar surface area (TPSA) is 65.3 Å². The molecule has 0 amide bonds. The van der Waals surface area contributed by atoms with Gasteiger partial charge in [0.25, 0.3) is 0 Å². The van der Waals surface area contributed by atoms with Crippen molar-refractivity contribution in [3.63, 3.8) is 0 Å². The average molecular weight is 241 g/mol. The van der Waals surface area contributed by atoms with Crippen molar-refractivity contribution >= 4 is 17.3 Å². The van der Waals surface area contributed by atoms with E-state index in [0.717, 1.165) is 0 Å². The molecule has 0 radical (unpaired) electrons. The van der Waals surface area contributed by atoms with E-state index < -0.39 is 0 Å². The smallest absolute Gasteiger partial charge is 0.101 e. The van der Waals surface area contributed by atoms with E-state index in [4.69, 9.17) is 26.7 Å². The van der Waals surface area contributed by atoms with E-state index in [9.17, 15) is 0 Å². The standard InChI is InChI=1S/C11H13ClN2O2/c1-16-7-10(6-15)14-11-3-2-9(12)4-8(11)5-13/h2-4,10,14-15H,6-7H2,1H3. The molecule has 0 spiro atoms. The van der Waals surface area contributed by atoms with Crippen LogP contribution in [-0.2, 0) is 4.74 Å². The Morgan fingerprint density at radius 2 is 2.38 bits per heavy atom. The number of benzene rings is 1. The molecule has 0 aromatic heterocycles. The molecule has 1 rings (SSSR count). The molecule has 1 aromatic rings. The van der Waals surface area contributed by atoms with Crippen molar-refractivity contribution in [1.29, 1.82) is 5.26 Å². The summed E-state index contributed by atoms with van der Waals surface area (Å²) >= 11 is 5.77. The van der Waals surface area contributed by atoms with Gasteiger partial charge in [-0.1, -0.05) is 11.6 Å². The predicted octanol–water partition coefficient (Wildman–Crippen LogP) is 1.63. The summed E-state index contributed by atoms with van der Waals surface area (Å²) in [4.78, 5) is 0. The lowest BCUT2D eigenvalue weighted by atomic mass is 10.2. The highest BCUT2D eigenvalue weighted by atomic mass is 35.5. The molecule has 1 unspecified atom stereocenters. The molecule has 86 valence electrons. The van der Waals surface area contributed by atoms with Crippen molar-refractivity contribution < 1.29 is 9.84 Å². The van der Waals surface area contributed by atoms with Crippen LogP contribution in [0.25, 0.3) is 0 Å². The van der Waals surface area contributed by atoms with Crippen molar-refractivity contribution in [2.75, 3.05) is 25.6 Å². The van der Waals surface area contributed by atoms with Gasteiger partial charge in [-0.3, -0.25) is 0 Å². The lowest BCUT2D eigenvalue weighted by Crippen LogP contribution is -2.29. The zero-order chi connectivity index (χ0) is 12.0. The molecule has 0 heterocycles. The predicted molar refractivity (Wildman–Crippen MR) is 62.5 cm³/mol. The molecule has 0 fully saturated rings. The van der Waals surface area contributed by atoms with Gasteiger partial charge >= 0.3 is 0 Å². The average Bonchev–Trinajstić information content (AvgIpc) is 2.30. The molecule has 0 aliphatic carbocycles. The largest absolute Gasteiger partial charge is 0.394 e. The van der Waals surface area contributed by atoms with E-state index in [1.807, 2.05) is 6.07 Å². The first-order valence-electron chi connectivity index (χ1n) is 4.77. The number of ether oxygens (including phenoxy) is 1. The number of aliphatic hydroxyl groups is 1. The molecule has 2 N–H and O–H groups in total. The minimum atomic E-state index is -0.238. The number of aliphatic hydroxyl groups excluding tert-OH is 1. The molecule has 0 bridgehead atoms. The first-order chi connectivity index (χ1) is 7.71. The summed E-state index contributed by atoms with van der Waals surface area (Å²) in [5.74, 6) is 0. The van der Waals surface area contributed by atoms with Crippen LogP contribution in [0.1, 0.15) is 5.56 Å². The third-order valence-corrected chi connectivity index (χ3v) is 2.29. The second-order valence-corrected chi connectivity index (χ2v) is 3.72. The molecule has 0 aliphatic heterocycles. The maximum absolute atomic E-state index is 9.09. The van der Waals surface area contributed by atoms with Crippen LogP contribution < -0.4 is 5.32 Å². The Hall–Kier alpha value is -1.28. The van der Waals surface area contributed by atoms with Crippen LogP contribution in [0.5, 0.6) is 0 Å². The fourth-order valence-electron chi connectivity index (χ4n) is 1.30. The number of hydrogen-bond acceptors (Lipinski definition) is 4. The molecule has 1 aromatic carbocycles. The van der Waals surface area contributed by atoms with E-state index >= 15 is 0 Å². The summed E-state index contributed by atoms with van der Waals surface area (Å²) in [7, 11) is 1.55. The number of nitrogens with one attached hydrogen (secondary N) is 1. The number of rotatable bonds is 5. The van der Waals surface area contributed by atoms with Gasteiger partial charge in [-0.05, 0) is 18.2 Å². The quantitative estimate of drug-likeness (QED) is 0.821. The third kappa shape index (κ3) is 3.38. The Bertz CT molecular complexity index is 390. The minimum absolute atomic E-state index is 0.0681. The lowest BCUT2D eigenvalue weighted by molar-refractivity contribution is 0.153. The summed E-state index contributed by atoms with van der Waals surface area (Å²) in [6.45, 7) is 0.297. The van der Waals surface area contributed by atoms with Crippen LogP contribution in [0.15, 0.2) is 18.2 Å². The number of halogens is 1. The first kappa shape index (κ1) is 12.8. The van der Waals surface area contributed by atoms with Gasteiger partial charge in [0.1, 0.15) is 6.07 Å². The molecular weight excluding hydrogens is 228 g/mol. The maximum Gasteiger partial charge on any atom is 0.101 e. The van der Waals surface area contributed by atoms with Gasteiger partial charge in [0.15, 0.2) is 0 Å². The van der Waals surface area contributed by atoms with Gasteiger partial charge < -0.3 is 15.2 Å². The SMILES string of the molecule is COCC(CO)Nc1ccc(Cl)cc1C#N. The van der Waals surface area contributed by atoms with E-state index in [0.29, 0.717) is 22.9 Å². The van der Waals surface area contributed by atoms with Crippen molar-refractivity contribution in [1.82, 2.24) is 0 Å². The van der Waals surface area contributed by atoms with Gasteiger partial charge in [-0.15, -0.1) is 0 Å². The highest BCUT2D eigenvalue weighted by molar-refractivity contribution is 6.30. The number of methoxy groups -OCH3 is 1. The highest BCUT2D eigenvalue weighted by Gasteiger charge is 2.09. The number of anilines is 1. The molecule has 0 saturated carbocycles. The molecule has 4 nitrogen and oxygen atoms in total. The van der Waals surface area contributed by atoms with E-state index in [-0.39, 0.29) is 12.6 Å². The molecule has 0 aliphatic rings. The van der Waals surface area contributed by atoms with Crippen molar-refractivity contribution in [3.8, 4) is 6.07 Å². The van der Waals surface area contributed by atoms with Crippen molar-refractivity contribution in [3.05, 3.63) is 28.8 Å². The maximum atomic E-state index is 9.09. The Kier molecular flexibility index (Phi) is 5.06. The fourth-order valence-corrected chi connectivity index (χ4v) is 1.47. The molecule has 0 saturated heterocycles. The van der Waals surface area contributed by atoms with E-state index in [2.05, 4.69) is 5.32 Å². The van der Waals surface area contributed by atoms with Crippen LogP contribution in [0.4, 0.5) is 5.69 Å². The van der Waals surface area contributed by atoms with Crippen LogP contribution in [0, 0.1) is 11.3 Å². The number of nitriles is 1. The van der Waals surface area contributed by atoms with Gasteiger partial charge in [0.2, 0.25) is 0 Å². The van der Waals surface area contributed by atoms with E-state index in [1.165, 1.54) is 0 Å². The van der Waals surface area contributed by atoms with Crippen LogP contribution in [-0.4, -0.2) is 31.5 Å². The van der Waals surface area contributed by atoms with Crippen LogP contribution >= 0.6 is 11.6 Å². The Morgan fingerprint density at radius 3 is 2.94 bits per heavy atom. The highest BCUT2D eigenvalue weighted by Crippen LogP contribution is 2.20. The van der Waals surface area contributed by atoms with Gasteiger partial charge in [0.05, 0.1) is 30.5 Å². The van der Waals surface area contributed by atoms with Crippen molar-refractivity contribution in [2.45, 2.75) is 6.04 Å². The molecular formula is C11H13ClN2O2. The van der Waals surface area contributed by atoms with Gasteiger partial charge in [-0.2, -0.15) is 5.26 Å². The number of nitrogens with zero attached hydrogens (tertiary/aromatic N) is 1. The van der Waals surface area contributed by atoms with E-state index in [1.54, 1.807) is 25.3 Å². The Labute approximate surface area is 99.4 Å². The summed E-state index contributed by atoms with van der Waals surface area (Å²) in [5.41, 5.74) is 1.09. The summed E-state index contributed by atoms with van der Waals surface area (Å²) in [6, 6.07) is 6.77. The number of hydrogen-bond donors (Lipinski definition) is 2. The molecule has 16 heavy (non-hydrogen) atoms. The van der Waals surface area contributed by atoms with Gasteiger partial charge in [-0.25, -0.2) is 0 Å². The van der Waals surface area contributed by atoms with Crippen LogP contribution in [0.3, 0.4) is 0 Å². The monoisotopic (exact) mass is 240 g/mol. The Morgan fingerprint density at radius 1 is 1.62 bits per heavy atom. The normalized spacial score (nSPS) is 11.9.